The third-order valence-electron chi connectivity index (χ3n) is 2.81. The molecule has 0 radical (unpaired) electrons. The van der Waals surface area contributed by atoms with E-state index in [0.717, 1.165) is 0 Å². The van der Waals surface area contributed by atoms with Gasteiger partial charge in [0, 0.05) is 0 Å². The van der Waals surface area contributed by atoms with Crippen molar-refractivity contribution < 1.29 is 23.8 Å². The Hall–Kier alpha value is -2.82. The number of methoxy groups -OCH3 is 2. The fourth-order valence-electron chi connectivity index (χ4n) is 1.72. The average molecular weight is 286 g/mol. The maximum Gasteiger partial charge on any atom is 0.343 e. The zero-order valence-corrected chi connectivity index (χ0v) is 11.7. The molecule has 2 aromatic carbocycles. The van der Waals surface area contributed by atoms with Crippen molar-refractivity contribution >= 4 is 11.9 Å². The first-order chi connectivity index (χ1) is 10.2. The number of benzene rings is 2. The minimum absolute atomic E-state index is 0.327. The Balaban J connectivity index is 2.15. The lowest BCUT2D eigenvalue weighted by atomic mass is 10.1. The highest BCUT2D eigenvalue weighted by molar-refractivity contribution is 5.94. The van der Waals surface area contributed by atoms with Gasteiger partial charge in [0.2, 0.25) is 0 Å². The van der Waals surface area contributed by atoms with Crippen molar-refractivity contribution in [2.75, 3.05) is 14.2 Å². The molecule has 0 fully saturated rings. The Bertz CT molecular complexity index is 646. The van der Waals surface area contributed by atoms with Gasteiger partial charge in [0.25, 0.3) is 0 Å². The Morgan fingerprint density at radius 2 is 1.29 bits per heavy atom. The predicted octanol–water partition coefficient (Wildman–Crippen LogP) is 2.70. The largest absolute Gasteiger partial charge is 0.493 e. The molecule has 0 amide bonds. The summed E-state index contributed by atoms with van der Waals surface area (Å²) in [6, 6.07) is 12.9. The Kier molecular flexibility index (Phi) is 4.56. The number of esters is 2. The van der Waals surface area contributed by atoms with E-state index >= 15 is 0 Å². The average Bonchev–Trinajstić information content (AvgIpc) is 2.54. The van der Waals surface area contributed by atoms with E-state index in [1.807, 2.05) is 0 Å². The van der Waals surface area contributed by atoms with Crippen molar-refractivity contribution in [2.24, 2.45) is 0 Å². The second kappa shape index (κ2) is 6.56. The number of hydrogen-bond acceptors (Lipinski definition) is 5. The van der Waals surface area contributed by atoms with E-state index in [1.54, 1.807) is 24.3 Å². The lowest BCUT2D eigenvalue weighted by molar-refractivity contribution is 0.0599. The van der Waals surface area contributed by atoms with Crippen LogP contribution >= 0.6 is 0 Å². The van der Waals surface area contributed by atoms with E-state index in [-0.39, 0.29) is 0 Å². The second-order valence-electron chi connectivity index (χ2n) is 4.11. The second-order valence-corrected chi connectivity index (χ2v) is 4.11. The highest BCUT2D eigenvalue weighted by Gasteiger charge is 2.13. The predicted molar refractivity (Wildman–Crippen MR) is 75.7 cm³/mol. The third kappa shape index (κ3) is 3.39. The van der Waals surface area contributed by atoms with Crippen molar-refractivity contribution in [2.45, 2.75) is 0 Å². The Morgan fingerprint density at radius 3 is 1.81 bits per heavy atom. The molecule has 0 unspecified atom stereocenters. The van der Waals surface area contributed by atoms with Crippen molar-refractivity contribution in [1.29, 1.82) is 0 Å². The van der Waals surface area contributed by atoms with Crippen molar-refractivity contribution in [3.05, 3.63) is 59.7 Å². The Morgan fingerprint density at radius 1 is 0.762 bits per heavy atom. The van der Waals surface area contributed by atoms with E-state index in [1.165, 1.54) is 38.5 Å². The molecule has 0 N–H and O–H groups in total. The van der Waals surface area contributed by atoms with Crippen molar-refractivity contribution in [3.8, 4) is 11.5 Å². The van der Waals surface area contributed by atoms with E-state index in [0.29, 0.717) is 22.6 Å². The number of carbonyl (C=O) groups is 2. The molecule has 5 heteroatoms. The van der Waals surface area contributed by atoms with E-state index < -0.39 is 11.9 Å². The van der Waals surface area contributed by atoms with Crippen LogP contribution < -0.4 is 9.47 Å². The molecular weight excluding hydrogens is 272 g/mol. The lowest BCUT2D eigenvalue weighted by Crippen LogP contribution is -2.10. The van der Waals surface area contributed by atoms with Gasteiger partial charge in [-0.3, -0.25) is 0 Å². The fourth-order valence-corrected chi connectivity index (χ4v) is 1.72. The quantitative estimate of drug-likeness (QED) is 0.639. The van der Waals surface area contributed by atoms with E-state index in [4.69, 9.17) is 9.47 Å². The molecule has 21 heavy (non-hydrogen) atoms. The van der Waals surface area contributed by atoms with Gasteiger partial charge in [0.05, 0.1) is 25.3 Å². The van der Waals surface area contributed by atoms with Gasteiger partial charge in [-0.25, -0.2) is 9.59 Å². The van der Waals surface area contributed by atoms with Crippen LogP contribution in [-0.4, -0.2) is 26.2 Å². The minimum Gasteiger partial charge on any atom is -0.493 e. The smallest absolute Gasteiger partial charge is 0.343 e. The van der Waals surface area contributed by atoms with Crippen LogP contribution in [0, 0.1) is 0 Å². The Labute approximate surface area is 122 Å². The lowest BCUT2D eigenvalue weighted by Gasteiger charge is -2.08. The molecule has 0 atom stereocenters. The summed E-state index contributed by atoms with van der Waals surface area (Å²) in [6.45, 7) is 0. The molecule has 0 saturated carbocycles. The fraction of sp³-hybridized carbons (Fsp3) is 0.125. The normalized spacial score (nSPS) is 9.81. The van der Waals surface area contributed by atoms with Gasteiger partial charge in [-0.2, -0.15) is 0 Å². The van der Waals surface area contributed by atoms with Crippen LogP contribution in [0.1, 0.15) is 20.7 Å². The molecule has 0 heterocycles. The highest BCUT2D eigenvalue weighted by atomic mass is 16.6. The summed E-state index contributed by atoms with van der Waals surface area (Å²) in [5.74, 6) is -0.186. The van der Waals surface area contributed by atoms with Crippen LogP contribution in [0.4, 0.5) is 0 Å². The summed E-state index contributed by atoms with van der Waals surface area (Å²) in [7, 11) is 2.80. The molecule has 0 saturated heterocycles. The van der Waals surface area contributed by atoms with Crippen molar-refractivity contribution in [1.82, 2.24) is 0 Å². The first-order valence-corrected chi connectivity index (χ1v) is 6.19. The minimum atomic E-state index is -0.532. The van der Waals surface area contributed by atoms with Gasteiger partial charge in [-0.1, -0.05) is 12.1 Å². The standard InChI is InChI=1S/C16H14O5/c1-19-13-5-3-4-6-14(13)21-16(18)12-9-7-11(8-10-12)15(17)20-2/h3-10H,1-2H3. The van der Waals surface area contributed by atoms with Crippen LogP contribution in [0.3, 0.4) is 0 Å². The summed E-state index contributed by atoms with van der Waals surface area (Å²) >= 11 is 0. The van der Waals surface area contributed by atoms with Gasteiger partial charge >= 0.3 is 11.9 Å². The molecule has 0 aromatic heterocycles. The van der Waals surface area contributed by atoms with Crippen molar-refractivity contribution in [3.63, 3.8) is 0 Å². The number of ether oxygens (including phenoxy) is 3. The summed E-state index contributed by atoms with van der Waals surface area (Å²) in [6.07, 6.45) is 0. The molecule has 0 aliphatic carbocycles. The maximum absolute atomic E-state index is 12.0. The molecule has 0 aliphatic heterocycles. The highest BCUT2D eigenvalue weighted by Crippen LogP contribution is 2.26. The van der Waals surface area contributed by atoms with Gasteiger partial charge in [0.15, 0.2) is 11.5 Å². The van der Waals surface area contributed by atoms with Gasteiger partial charge < -0.3 is 14.2 Å². The van der Waals surface area contributed by atoms with E-state index in [2.05, 4.69) is 4.74 Å². The van der Waals surface area contributed by atoms with Gasteiger partial charge in [0.1, 0.15) is 0 Å². The zero-order valence-electron chi connectivity index (χ0n) is 11.7. The van der Waals surface area contributed by atoms with E-state index in [9.17, 15) is 9.59 Å². The molecule has 5 nitrogen and oxygen atoms in total. The molecule has 0 spiro atoms. The number of carbonyl (C=O) groups excluding carboxylic acids is 2. The molecule has 2 aromatic rings. The monoisotopic (exact) mass is 286 g/mol. The SMILES string of the molecule is COC(=O)c1ccc(C(=O)Oc2ccccc2OC)cc1. The summed E-state index contributed by atoms with van der Waals surface area (Å²) < 4.78 is 15.0. The molecule has 0 aliphatic rings. The topological polar surface area (TPSA) is 61.8 Å². The molecule has 2 rings (SSSR count). The first-order valence-electron chi connectivity index (χ1n) is 6.19. The number of para-hydroxylation sites is 2. The molecular formula is C16H14O5. The summed E-state index contributed by atoms with van der Waals surface area (Å²) in [4.78, 5) is 23.4. The maximum atomic E-state index is 12.0. The summed E-state index contributed by atoms with van der Waals surface area (Å²) in [5.41, 5.74) is 0.694. The molecule has 108 valence electrons. The third-order valence-corrected chi connectivity index (χ3v) is 2.81. The first kappa shape index (κ1) is 14.6. The van der Waals surface area contributed by atoms with Crippen LogP contribution in [0.5, 0.6) is 11.5 Å². The molecule has 0 bridgehead atoms. The van der Waals surface area contributed by atoms with Crippen LogP contribution in [0.2, 0.25) is 0 Å². The van der Waals surface area contributed by atoms with Gasteiger partial charge in [-0.05, 0) is 36.4 Å². The van der Waals surface area contributed by atoms with Crippen LogP contribution in [-0.2, 0) is 4.74 Å². The van der Waals surface area contributed by atoms with Gasteiger partial charge in [-0.15, -0.1) is 0 Å². The number of rotatable bonds is 4. The van der Waals surface area contributed by atoms with Crippen LogP contribution in [0.15, 0.2) is 48.5 Å². The van der Waals surface area contributed by atoms with Crippen LogP contribution in [0.25, 0.3) is 0 Å². The number of hydrogen-bond donors (Lipinski definition) is 0. The zero-order chi connectivity index (χ0) is 15.2. The summed E-state index contributed by atoms with van der Waals surface area (Å²) in [5, 5.41) is 0.